The zero-order chi connectivity index (χ0) is 9.40. The Morgan fingerprint density at radius 2 is 2.33 bits per heavy atom. The average molecular weight is 190 g/mol. The van der Waals surface area contributed by atoms with E-state index in [4.69, 9.17) is 9.84 Å². The summed E-state index contributed by atoms with van der Waals surface area (Å²) in [6.07, 6.45) is 4.58. The lowest BCUT2D eigenvalue weighted by Crippen LogP contribution is -2.04. The van der Waals surface area contributed by atoms with Crippen LogP contribution in [0.1, 0.15) is 6.92 Å². The number of carboxylic acids is 1. The van der Waals surface area contributed by atoms with Gasteiger partial charge >= 0.3 is 5.97 Å². The number of ether oxygens (including phenoxy) is 1. The largest absolute Gasteiger partial charge is 0.501 e. The number of allylic oxidation sites excluding steroid dienone is 1. The standard InChI is InChI=1S/C8H15O3P/c1-3-4-11-5-6-12(2)7-8(9)10/h3-4H,5-7H2,1-2H3,(H,9,10). The molecule has 0 saturated carbocycles. The fourth-order valence-corrected chi connectivity index (χ4v) is 1.72. The van der Waals surface area contributed by atoms with Crippen molar-refractivity contribution in [2.75, 3.05) is 25.6 Å². The van der Waals surface area contributed by atoms with Crippen molar-refractivity contribution < 1.29 is 14.6 Å². The van der Waals surface area contributed by atoms with Crippen LogP contribution in [-0.2, 0) is 9.53 Å². The third-order valence-corrected chi connectivity index (χ3v) is 2.98. The van der Waals surface area contributed by atoms with Gasteiger partial charge in [-0.1, -0.05) is 14.0 Å². The third kappa shape index (κ3) is 7.55. The summed E-state index contributed by atoms with van der Waals surface area (Å²) in [7, 11) is -0.395. The Bertz CT molecular complexity index is 156. The molecule has 0 saturated heterocycles. The second kappa shape index (κ2) is 7.11. The first-order chi connectivity index (χ1) is 5.66. The van der Waals surface area contributed by atoms with Crippen molar-refractivity contribution in [3.8, 4) is 0 Å². The number of rotatable bonds is 6. The number of aliphatic carboxylic acids is 1. The van der Waals surface area contributed by atoms with Crippen molar-refractivity contribution in [3.05, 3.63) is 12.3 Å². The molecule has 0 rings (SSSR count). The fraction of sp³-hybridized carbons (Fsp3) is 0.625. The molecule has 0 aliphatic carbocycles. The van der Waals surface area contributed by atoms with E-state index in [1.807, 2.05) is 19.7 Å². The van der Waals surface area contributed by atoms with Crippen molar-refractivity contribution in [1.82, 2.24) is 0 Å². The molecule has 0 aromatic heterocycles. The Morgan fingerprint density at radius 3 is 2.83 bits per heavy atom. The van der Waals surface area contributed by atoms with Gasteiger partial charge in [0.1, 0.15) is 0 Å². The molecule has 3 nitrogen and oxygen atoms in total. The monoisotopic (exact) mass is 190 g/mol. The summed E-state index contributed by atoms with van der Waals surface area (Å²) < 4.78 is 5.08. The Labute approximate surface area is 74.2 Å². The van der Waals surface area contributed by atoms with Crippen LogP contribution in [0.4, 0.5) is 0 Å². The zero-order valence-corrected chi connectivity index (χ0v) is 8.38. The van der Waals surface area contributed by atoms with Gasteiger partial charge in [-0.25, -0.2) is 0 Å². The van der Waals surface area contributed by atoms with Crippen LogP contribution in [-0.4, -0.2) is 36.7 Å². The first-order valence-electron chi connectivity index (χ1n) is 3.80. The number of carbonyl (C=O) groups is 1. The molecule has 1 N–H and O–H groups in total. The lowest BCUT2D eigenvalue weighted by Gasteiger charge is -2.07. The van der Waals surface area contributed by atoms with Gasteiger partial charge in [0, 0.05) is 6.16 Å². The molecule has 1 unspecified atom stereocenters. The second-order valence-corrected chi connectivity index (χ2v) is 4.95. The summed E-state index contributed by atoms with van der Waals surface area (Å²) in [6.45, 7) is 4.48. The molecule has 0 bridgehead atoms. The first-order valence-corrected chi connectivity index (χ1v) is 5.96. The Morgan fingerprint density at radius 1 is 1.67 bits per heavy atom. The van der Waals surface area contributed by atoms with Crippen molar-refractivity contribution in [1.29, 1.82) is 0 Å². The van der Waals surface area contributed by atoms with Crippen LogP contribution in [0, 0.1) is 0 Å². The molecule has 0 fully saturated rings. The van der Waals surface area contributed by atoms with E-state index >= 15 is 0 Å². The SMILES string of the molecule is CC=COCCP(C)CC(=O)O. The van der Waals surface area contributed by atoms with E-state index in [2.05, 4.69) is 0 Å². The predicted molar refractivity (Wildman–Crippen MR) is 51.0 cm³/mol. The van der Waals surface area contributed by atoms with Crippen molar-refractivity contribution in [3.63, 3.8) is 0 Å². The van der Waals surface area contributed by atoms with Crippen LogP contribution in [0.25, 0.3) is 0 Å². The molecule has 0 aromatic rings. The normalized spacial score (nSPS) is 13.2. The van der Waals surface area contributed by atoms with Gasteiger partial charge < -0.3 is 9.84 Å². The maximum Gasteiger partial charge on any atom is 0.307 e. The maximum absolute atomic E-state index is 10.3. The van der Waals surface area contributed by atoms with E-state index in [1.54, 1.807) is 6.26 Å². The quantitative estimate of drug-likeness (QED) is 0.394. The highest BCUT2D eigenvalue weighted by molar-refractivity contribution is 7.57. The maximum atomic E-state index is 10.3. The summed E-state index contributed by atoms with van der Waals surface area (Å²) in [5.41, 5.74) is 0. The smallest absolute Gasteiger partial charge is 0.307 e. The zero-order valence-electron chi connectivity index (χ0n) is 7.49. The van der Waals surface area contributed by atoms with E-state index in [9.17, 15) is 4.79 Å². The van der Waals surface area contributed by atoms with Crippen molar-refractivity contribution >= 4 is 13.9 Å². The highest BCUT2D eigenvalue weighted by Gasteiger charge is 2.05. The molecule has 0 aliphatic heterocycles. The highest BCUT2D eigenvalue weighted by Crippen LogP contribution is 2.28. The molecule has 12 heavy (non-hydrogen) atoms. The summed E-state index contributed by atoms with van der Waals surface area (Å²) in [6, 6.07) is 0. The van der Waals surface area contributed by atoms with Crippen LogP contribution in [0.2, 0.25) is 0 Å². The van der Waals surface area contributed by atoms with Gasteiger partial charge in [-0.2, -0.15) is 0 Å². The fourth-order valence-electron chi connectivity index (χ4n) is 0.683. The lowest BCUT2D eigenvalue weighted by atomic mass is 10.7. The Kier molecular flexibility index (Phi) is 6.78. The Hall–Kier alpha value is -0.560. The summed E-state index contributed by atoms with van der Waals surface area (Å²) in [4.78, 5) is 10.3. The van der Waals surface area contributed by atoms with Crippen LogP contribution >= 0.6 is 7.92 Å². The van der Waals surface area contributed by atoms with E-state index in [0.717, 1.165) is 6.16 Å². The van der Waals surface area contributed by atoms with Gasteiger partial charge in [0.2, 0.25) is 0 Å². The molecule has 0 spiro atoms. The number of hydrogen-bond acceptors (Lipinski definition) is 2. The van der Waals surface area contributed by atoms with Crippen molar-refractivity contribution in [2.45, 2.75) is 6.92 Å². The van der Waals surface area contributed by atoms with Gasteiger partial charge in [-0.05, 0) is 13.6 Å². The molecule has 1 atom stereocenters. The van der Waals surface area contributed by atoms with Crippen LogP contribution < -0.4 is 0 Å². The highest BCUT2D eigenvalue weighted by atomic mass is 31.1. The Balaban J connectivity index is 3.31. The average Bonchev–Trinajstić information content (AvgIpc) is 1.97. The van der Waals surface area contributed by atoms with Gasteiger partial charge in [0.15, 0.2) is 0 Å². The summed E-state index contributed by atoms with van der Waals surface area (Å²) in [5, 5.41) is 8.45. The second-order valence-electron chi connectivity index (χ2n) is 2.47. The minimum Gasteiger partial charge on any atom is -0.501 e. The molecule has 0 radical (unpaired) electrons. The van der Waals surface area contributed by atoms with E-state index in [0.29, 0.717) is 6.61 Å². The molecular formula is C8H15O3P. The molecule has 0 aromatic carbocycles. The van der Waals surface area contributed by atoms with E-state index < -0.39 is 13.9 Å². The molecule has 0 heterocycles. The van der Waals surface area contributed by atoms with Gasteiger partial charge in [-0.15, -0.1) is 0 Å². The van der Waals surface area contributed by atoms with Crippen LogP contribution in [0.5, 0.6) is 0 Å². The van der Waals surface area contributed by atoms with Crippen molar-refractivity contribution in [2.24, 2.45) is 0 Å². The van der Waals surface area contributed by atoms with Gasteiger partial charge in [0.25, 0.3) is 0 Å². The molecular weight excluding hydrogens is 175 g/mol. The minimum absolute atomic E-state index is 0.286. The molecule has 4 heteroatoms. The lowest BCUT2D eigenvalue weighted by molar-refractivity contribution is -0.134. The number of hydrogen-bond donors (Lipinski definition) is 1. The van der Waals surface area contributed by atoms with Crippen LogP contribution in [0.15, 0.2) is 12.3 Å². The first kappa shape index (κ1) is 11.4. The van der Waals surface area contributed by atoms with Gasteiger partial charge in [0.05, 0.1) is 19.0 Å². The molecule has 70 valence electrons. The van der Waals surface area contributed by atoms with E-state index in [-0.39, 0.29) is 6.16 Å². The van der Waals surface area contributed by atoms with E-state index in [1.165, 1.54) is 0 Å². The van der Waals surface area contributed by atoms with Gasteiger partial charge in [-0.3, -0.25) is 4.79 Å². The minimum atomic E-state index is -0.713. The summed E-state index contributed by atoms with van der Waals surface area (Å²) >= 11 is 0. The number of carboxylic acid groups (broad SMARTS) is 1. The molecule has 0 amide bonds. The predicted octanol–water partition coefficient (Wildman–Crippen LogP) is 1.73. The van der Waals surface area contributed by atoms with Crippen LogP contribution in [0.3, 0.4) is 0 Å². The third-order valence-electron chi connectivity index (χ3n) is 1.23. The summed E-state index contributed by atoms with van der Waals surface area (Å²) in [5.74, 6) is -0.713. The molecule has 0 aliphatic rings. The topological polar surface area (TPSA) is 46.5 Å².